The standard InChI is InChI=1S/C14H15NO2/c1-17-14(16)15-13-9-7-12(8-10-13)11-5-3-2-4-6-11/h2-3,6-10H,4-5H2,1H3,(H,15,16). The first-order valence-corrected chi connectivity index (χ1v) is 5.59. The van der Waals surface area contributed by atoms with Gasteiger partial charge in [0.05, 0.1) is 7.11 Å². The molecular weight excluding hydrogens is 214 g/mol. The van der Waals surface area contributed by atoms with Crippen molar-refractivity contribution < 1.29 is 9.53 Å². The molecule has 0 aliphatic heterocycles. The predicted octanol–water partition coefficient (Wildman–Crippen LogP) is 3.60. The third kappa shape index (κ3) is 2.97. The van der Waals surface area contributed by atoms with Gasteiger partial charge in [0.2, 0.25) is 0 Å². The Morgan fingerprint density at radius 3 is 2.59 bits per heavy atom. The zero-order valence-corrected chi connectivity index (χ0v) is 9.77. The molecule has 0 spiro atoms. The van der Waals surface area contributed by atoms with Crippen molar-refractivity contribution in [3.63, 3.8) is 0 Å². The fourth-order valence-electron chi connectivity index (χ4n) is 1.77. The fourth-order valence-corrected chi connectivity index (χ4v) is 1.77. The number of carbonyl (C=O) groups excluding carboxylic acids is 1. The molecule has 2 rings (SSSR count). The summed E-state index contributed by atoms with van der Waals surface area (Å²) in [5.74, 6) is 0. The van der Waals surface area contributed by atoms with Crippen molar-refractivity contribution in [1.82, 2.24) is 0 Å². The Morgan fingerprint density at radius 2 is 2.00 bits per heavy atom. The molecule has 0 radical (unpaired) electrons. The number of rotatable bonds is 2. The van der Waals surface area contributed by atoms with E-state index in [0.717, 1.165) is 18.5 Å². The van der Waals surface area contributed by atoms with E-state index < -0.39 is 6.09 Å². The van der Waals surface area contributed by atoms with Gasteiger partial charge >= 0.3 is 6.09 Å². The van der Waals surface area contributed by atoms with E-state index in [-0.39, 0.29) is 0 Å². The number of carbonyl (C=O) groups is 1. The van der Waals surface area contributed by atoms with Gasteiger partial charge in [0.1, 0.15) is 0 Å². The summed E-state index contributed by atoms with van der Waals surface area (Å²) in [4.78, 5) is 11.0. The number of amides is 1. The van der Waals surface area contributed by atoms with Crippen molar-refractivity contribution in [3.05, 3.63) is 48.1 Å². The first kappa shape index (κ1) is 11.5. The highest BCUT2D eigenvalue weighted by molar-refractivity contribution is 5.84. The Labute approximate surface area is 101 Å². The molecule has 1 aromatic rings. The maximum Gasteiger partial charge on any atom is 0.411 e. The number of methoxy groups -OCH3 is 1. The maximum absolute atomic E-state index is 11.0. The van der Waals surface area contributed by atoms with E-state index in [4.69, 9.17) is 0 Å². The monoisotopic (exact) mass is 229 g/mol. The van der Waals surface area contributed by atoms with Crippen LogP contribution in [-0.2, 0) is 4.74 Å². The van der Waals surface area contributed by atoms with E-state index in [0.29, 0.717) is 0 Å². The molecule has 1 N–H and O–H groups in total. The van der Waals surface area contributed by atoms with Crippen LogP contribution in [0.3, 0.4) is 0 Å². The molecule has 0 aromatic heterocycles. The molecule has 1 amide bonds. The normalized spacial score (nSPS) is 14.1. The summed E-state index contributed by atoms with van der Waals surface area (Å²) < 4.78 is 4.53. The van der Waals surface area contributed by atoms with Crippen LogP contribution >= 0.6 is 0 Å². The average molecular weight is 229 g/mol. The Hall–Kier alpha value is -2.03. The highest BCUT2D eigenvalue weighted by Crippen LogP contribution is 2.24. The highest BCUT2D eigenvalue weighted by Gasteiger charge is 2.04. The summed E-state index contributed by atoms with van der Waals surface area (Å²) in [6.45, 7) is 0. The van der Waals surface area contributed by atoms with E-state index in [1.807, 2.05) is 24.3 Å². The van der Waals surface area contributed by atoms with Gasteiger partial charge in [0.15, 0.2) is 0 Å². The lowest BCUT2D eigenvalue weighted by Gasteiger charge is -2.10. The van der Waals surface area contributed by atoms with Crippen LogP contribution in [-0.4, -0.2) is 13.2 Å². The highest BCUT2D eigenvalue weighted by atomic mass is 16.5. The molecule has 88 valence electrons. The number of nitrogens with one attached hydrogen (secondary N) is 1. The number of anilines is 1. The van der Waals surface area contributed by atoms with E-state index in [1.54, 1.807) is 0 Å². The van der Waals surface area contributed by atoms with Gasteiger partial charge < -0.3 is 4.74 Å². The van der Waals surface area contributed by atoms with Crippen molar-refractivity contribution in [2.45, 2.75) is 12.8 Å². The van der Waals surface area contributed by atoms with Gasteiger partial charge in [-0.1, -0.05) is 30.4 Å². The van der Waals surface area contributed by atoms with Gasteiger partial charge in [-0.2, -0.15) is 0 Å². The van der Waals surface area contributed by atoms with Crippen molar-refractivity contribution in [2.75, 3.05) is 12.4 Å². The summed E-state index contributed by atoms with van der Waals surface area (Å²) in [6.07, 6.45) is 8.09. The number of benzene rings is 1. The number of hydrogen-bond donors (Lipinski definition) is 1. The molecule has 0 heterocycles. The van der Waals surface area contributed by atoms with E-state index in [1.165, 1.54) is 18.2 Å². The molecule has 0 saturated carbocycles. The number of ether oxygens (including phenoxy) is 1. The van der Waals surface area contributed by atoms with Gasteiger partial charge in [0, 0.05) is 5.69 Å². The molecule has 0 atom stereocenters. The second kappa shape index (κ2) is 5.34. The minimum absolute atomic E-state index is 0.447. The van der Waals surface area contributed by atoms with Crippen molar-refractivity contribution in [2.24, 2.45) is 0 Å². The number of hydrogen-bond acceptors (Lipinski definition) is 2. The first-order chi connectivity index (χ1) is 8.29. The van der Waals surface area contributed by atoms with Gasteiger partial charge in [-0.15, -0.1) is 0 Å². The average Bonchev–Trinajstić information content (AvgIpc) is 2.40. The molecule has 0 bridgehead atoms. The van der Waals surface area contributed by atoms with Crippen LogP contribution < -0.4 is 5.32 Å². The largest absolute Gasteiger partial charge is 0.453 e. The predicted molar refractivity (Wildman–Crippen MR) is 68.8 cm³/mol. The van der Waals surface area contributed by atoms with Crippen LogP contribution in [0.15, 0.2) is 42.5 Å². The summed E-state index contributed by atoms with van der Waals surface area (Å²) >= 11 is 0. The van der Waals surface area contributed by atoms with Crippen molar-refractivity contribution in [3.8, 4) is 0 Å². The molecule has 0 unspecified atom stereocenters. The minimum Gasteiger partial charge on any atom is -0.453 e. The Balaban J connectivity index is 2.07. The van der Waals surface area contributed by atoms with Crippen molar-refractivity contribution >= 4 is 17.4 Å². The molecule has 3 nitrogen and oxygen atoms in total. The second-order valence-electron chi connectivity index (χ2n) is 3.83. The van der Waals surface area contributed by atoms with Crippen LogP contribution in [0.5, 0.6) is 0 Å². The second-order valence-corrected chi connectivity index (χ2v) is 3.83. The van der Waals surface area contributed by atoms with Crippen LogP contribution in [0.2, 0.25) is 0 Å². The fraction of sp³-hybridized carbons (Fsp3) is 0.214. The minimum atomic E-state index is -0.447. The number of allylic oxidation sites excluding steroid dienone is 4. The summed E-state index contributed by atoms with van der Waals surface area (Å²) in [7, 11) is 1.35. The Morgan fingerprint density at radius 1 is 1.24 bits per heavy atom. The molecule has 17 heavy (non-hydrogen) atoms. The zero-order chi connectivity index (χ0) is 12.1. The summed E-state index contributed by atoms with van der Waals surface area (Å²) in [5.41, 5.74) is 3.27. The summed E-state index contributed by atoms with van der Waals surface area (Å²) in [5, 5.41) is 2.63. The molecule has 1 aromatic carbocycles. The quantitative estimate of drug-likeness (QED) is 0.787. The molecular formula is C14H15NO2. The molecule has 0 fully saturated rings. The molecule has 1 aliphatic rings. The third-order valence-electron chi connectivity index (χ3n) is 2.69. The Kier molecular flexibility index (Phi) is 3.60. The topological polar surface area (TPSA) is 38.3 Å². The van der Waals surface area contributed by atoms with E-state index in [2.05, 4.69) is 28.3 Å². The van der Waals surface area contributed by atoms with Crippen LogP contribution in [0.25, 0.3) is 5.57 Å². The third-order valence-corrected chi connectivity index (χ3v) is 2.69. The molecule has 3 heteroatoms. The van der Waals surface area contributed by atoms with Crippen LogP contribution in [0.4, 0.5) is 10.5 Å². The van der Waals surface area contributed by atoms with Gasteiger partial charge in [-0.3, -0.25) is 5.32 Å². The van der Waals surface area contributed by atoms with Crippen LogP contribution in [0.1, 0.15) is 18.4 Å². The lowest BCUT2D eigenvalue weighted by molar-refractivity contribution is 0.187. The van der Waals surface area contributed by atoms with E-state index >= 15 is 0 Å². The Bertz CT molecular complexity index is 458. The molecule has 0 saturated heterocycles. The van der Waals surface area contributed by atoms with E-state index in [9.17, 15) is 4.79 Å². The lowest BCUT2D eigenvalue weighted by atomic mass is 9.98. The summed E-state index contributed by atoms with van der Waals surface area (Å²) in [6, 6.07) is 7.78. The zero-order valence-electron chi connectivity index (χ0n) is 9.77. The van der Waals surface area contributed by atoms with Crippen LogP contribution in [0, 0.1) is 0 Å². The molecule has 1 aliphatic carbocycles. The van der Waals surface area contributed by atoms with Gasteiger partial charge in [0.25, 0.3) is 0 Å². The maximum atomic E-state index is 11.0. The SMILES string of the molecule is COC(=O)Nc1ccc(C2=CCC=CC2)cc1. The first-order valence-electron chi connectivity index (χ1n) is 5.59. The van der Waals surface area contributed by atoms with Crippen molar-refractivity contribution in [1.29, 1.82) is 0 Å². The smallest absolute Gasteiger partial charge is 0.411 e. The lowest BCUT2D eigenvalue weighted by Crippen LogP contribution is -2.10. The van der Waals surface area contributed by atoms with Gasteiger partial charge in [-0.05, 0) is 36.1 Å². The van der Waals surface area contributed by atoms with Gasteiger partial charge in [-0.25, -0.2) is 4.79 Å².